The number of nitrogens with one attached hydrogen (secondary N) is 1. The van der Waals surface area contributed by atoms with E-state index in [1.165, 1.54) is 5.56 Å². The molecule has 0 aliphatic carbocycles. The second kappa shape index (κ2) is 4.53. The van der Waals surface area contributed by atoms with E-state index in [2.05, 4.69) is 34.9 Å². The van der Waals surface area contributed by atoms with Crippen molar-refractivity contribution in [3.63, 3.8) is 0 Å². The molecule has 0 saturated carbocycles. The van der Waals surface area contributed by atoms with Crippen LogP contribution in [0.3, 0.4) is 0 Å². The van der Waals surface area contributed by atoms with Crippen LogP contribution in [0.1, 0.15) is 31.0 Å². The third-order valence-electron chi connectivity index (χ3n) is 2.73. The van der Waals surface area contributed by atoms with E-state index in [1.807, 2.05) is 31.2 Å². The van der Waals surface area contributed by atoms with Gasteiger partial charge in [-0.25, -0.2) is 4.68 Å². The van der Waals surface area contributed by atoms with Gasteiger partial charge in [-0.3, -0.25) is 9.89 Å². The number of hydrogen-bond acceptors (Lipinski definition) is 1. The maximum absolute atomic E-state index is 12.1. The summed E-state index contributed by atoms with van der Waals surface area (Å²) < 4.78 is 2.19. The van der Waals surface area contributed by atoms with Gasteiger partial charge in [-0.15, -0.1) is 0 Å². The zero-order valence-electron chi connectivity index (χ0n) is 10.1. The largest absolute Gasteiger partial charge is 0.294 e. The van der Waals surface area contributed by atoms with Gasteiger partial charge < -0.3 is 0 Å². The zero-order valence-corrected chi connectivity index (χ0v) is 11.7. The van der Waals surface area contributed by atoms with Crippen LogP contribution < -0.4 is 5.56 Å². The number of rotatable bonds is 2. The molecule has 0 unspecified atom stereocenters. The molecule has 0 amide bonds. The van der Waals surface area contributed by atoms with Gasteiger partial charge in [0.2, 0.25) is 0 Å². The van der Waals surface area contributed by atoms with Gasteiger partial charge in [-0.05, 0) is 40.9 Å². The summed E-state index contributed by atoms with van der Waals surface area (Å²) in [5.41, 5.74) is 2.91. The third-order valence-corrected chi connectivity index (χ3v) is 3.50. The van der Waals surface area contributed by atoms with Gasteiger partial charge in [0.1, 0.15) is 4.47 Å². The van der Waals surface area contributed by atoms with Gasteiger partial charge in [-0.1, -0.05) is 31.5 Å². The van der Waals surface area contributed by atoms with Crippen molar-refractivity contribution in [2.75, 3.05) is 0 Å². The molecule has 2 aromatic rings. The molecule has 2 rings (SSSR count). The van der Waals surface area contributed by atoms with Crippen LogP contribution in [-0.4, -0.2) is 9.78 Å². The number of nitrogens with zero attached hydrogens (tertiary/aromatic N) is 1. The second-order valence-corrected chi connectivity index (χ2v) is 5.26. The monoisotopic (exact) mass is 294 g/mol. The lowest BCUT2D eigenvalue weighted by Gasteiger charge is -2.03. The highest BCUT2D eigenvalue weighted by Gasteiger charge is 2.14. The van der Waals surface area contributed by atoms with Crippen molar-refractivity contribution in [3.8, 4) is 5.69 Å². The molecule has 0 bridgehead atoms. The van der Waals surface area contributed by atoms with E-state index in [4.69, 9.17) is 0 Å². The smallest absolute Gasteiger partial charge is 0.285 e. The van der Waals surface area contributed by atoms with Crippen LogP contribution in [0.15, 0.2) is 33.5 Å². The van der Waals surface area contributed by atoms with Gasteiger partial charge in [0.25, 0.3) is 5.56 Å². The van der Waals surface area contributed by atoms with E-state index in [-0.39, 0.29) is 11.5 Å². The van der Waals surface area contributed by atoms with Gasteiger partial charge >= 0.3 is 0 Å². The molecule has 0 atom stereocenters. The van der Waals surface area contributed by atoms with Crippen LogP contribution in [0.5, 0.6) is 0 Å². The molecule has 90 valence electrons. The summed E-state index contributed by atoms with van der Waals surface area (Å²) in [6.07, 6.45) is 0. The lowest BCUT2D eigenvalue weighted by atomic mass is 10.1. The van der Waals surface area contributed by atoms with Crippen LogP contribution in [0.25, 0.3) is 5.69 Å². The molecule has 0 fully saturated rings. The molecule has 1 N–H and O–H groups in total. The van der Waals surface area contributed by atoms with Crippen LogP contribution in [0.4, 0.5) is 0 Å². The molecule has 0 aliphatic heterocycles. The molecule has 1 aromatic carbocycles. The number of halogens is 1. The molecular formula is C13H15BrN2O. The van der Waals surface area contributed by atoms with Crippen molar-refractivity contribution in [3.05, 3.63) is 50.3 Å². The maximum Gasteiger partial charge on any atom is 0.285 e. The van der Waals surface area contributed by atoms with Crippen molar-refractivity contribution in [1.29, 1.82) is 0 Å². The summed E-state index contributed by atoms with van der Waals surface area (Å²) in [6.45, 7) is 6.13. The lowest BCUT2D eigenvalue weighted by Crippen LogP contribution is -2.14. The lowest BCUT2D eigenvalue weighted by molar-refractivity contribution is 0.759. The Morgan fingerprint density at radius 3 is 2.29 bits per heavy atom. The Balaban J connectivity index is 2.57. The van der Waals surface area contributed by atoms with Crippen molar-refractivity contribution in [1.82, 2.24) is 9.78 Å². The Kier molecular flexibility index (Phi) is 3.24. The first-order chi connectivity index (χ1) is 8.00. The van der Waals surface area contributed by atoms with E-state index in [1.54, 1.807) is 4.68 Å². The van der Waals surface area contributed by atoms with Crippen LogP contribution in [0.2, 0.25) is 0 Å². The summed E-state index contributed by atoms with van der Waals surface area (Å²) in [4.78, 5) is 12.1. The van der Waals surface area contributed by atoms with E-state index >= 15 is 0 Å². The van der Waals surface area contributed by atoms with Gasteiger partial charge in [0.05, 0.1) is 11.4 Å². The minimum absolute atomic E-state index is 0.0439. The number of H-pyrrole nitrogens is 1. The van der Waals surface area contributed by atoms with E-state index in [9.17, 15) is 4.79 Å². The Morgan fingerprint density at radius 1 is 1.24 bits per heavy atom. The molecular weight excluding hydrogens is 280 g/mol. The van der Waals surface area contributed by atoms with Crippen LogP contribution >= 0.6 is 15.9 Å². The Morgan fingerprint density at radius 2 is 1.82 bits per heavy atom. The highest BCUT2D eigenvalue weighted by Crippen LogP contribution is 2.20. The van der Waals surface area contributed by atoms with Crippen molar-refractivity contribution >= 4 is 15.9 Å². The standard InChI is InChI=1S/C13H15BrN2O/c1-8(2)12-11(14)13(17)16(15-12)10-6-4-9(3)5-7-10/h4-8,15H,1-3H3. The maximum atomic E-state index is 12.1. The van der Waals surface area contributed by atoms with Gasteiger partial charge in [0, 0.05) is 0 Å². The Hall–Kier alpha value is -1.29. The summed E-state index contributed by atoms with van der Waals surface area (Å²) in [5, 5.41) is 3.14. The molecule has 0 saturated heterocycles. The number of benzene rings is 1. The Bertz CT molecular complexity index is 578. The molecule has 1 heterocycles. The molecule has 0 spiro atoms. The highest BCUT2D eigenvalue weighted by atomic mass is 79.9. The number of aromatic amines is 1. The summed E-state index contributed by atoms with van der Waals surface area (Å²) in [5.74, 6) is 0.281. The molecule has 4 heteroatoms. The van der Waals surface area contributed by atoms with E-state index in [0.29, 0.717) is 4.47 Å². The normalized spacial score (nSPS) is 11.1. The molecule has 0 aliphatic rings. The van der Waals surface area contributed by atoms with E-state index < -0.39 is 0 Å². The van der Waals surface area contributed by atoms with Gasteiger partial charge in [0.15, 0.2) is 0 Å². The molecule has 0 radical (unpaired) electrons. The fraction of sp³-hybridized carbons (Fsp3) is 0.308. The fourth-order valence-electron chi connectivity index (χ4n) is 1.69. The van der Waals surface area contributed by atoms with Crippen molar-refractivity contribution in [2.45, 2.75) is 26.7 Å². The third kappa shape index (κ3) is 2.22. The zero-order chi connectivity index (χ0) is 12.6. The quantitative estimate of drug-likeness (QED) is 0.906. The second-order valence-electron chi connectivity index (χ2n) is 4.47. The topological polar surface area (TPSA) is 37.8 Å². The summed E-state index contributed by atoms with van der Waals surface area (Å²) in [6, 6.07) is 7.85. The average Bonchev–Trinajstić information content (AvgIpc) is 2.58. The molecule has 3 nitrogen and oxygen atoms in total. The van der Waals surface area contributed by atoms with Crippen LogP contribution in [0, 0.1) is 6.92 Å². The predicted molar refractivity (Wildman–Crippen MR) is 72.9 cm³/mol. The molecule has 17 heavy (non-hydrogen) atoms. The first-order valence-electron chi connectivity index (χ1n) is 5.58. The minimum Gasteiger partial charge on any atom is -0.294 e. The average molecular weight is 295 g/mol. The minimum atomic E-state index is -0.0439. The first-order valence-corrected chi connectivity index (χ1v) is 6.37. The highest BCUT2D eigenvalue weighted by molar-refractivity contribution is 9.10. The Labute approximate surface area is 109 Å². The first kappa shape index (κ1) is 12.2. The van der Waals surface area contributed by atoms with Crippen molar-refractivity contribution < 1.29 is 0 Å². The fourth-order valence-corrected chi connectivity index (χ4v) is 2.42. The predicted octanol–water partition coefficient (Wildman–Crippen LogP) is 3.36. The summed E-state index contributed by atoms with van der Waals surface area (Å²) in [7, 11) is 0. The van der Waals surface area contributed by atoms with E-state index in [0.717, 1.165) is 11.4 Å². The number of aryl methyl sites for hydroxylation is 1. The van der Waals surface area contributed by atoms with Crippen molar-refractivity contribution in [2.24, 2.45) is 0 Å². The van der Waals surface area contributed by atoms with Crippen LogP contribution in [-0.2, 0) is 0 Å². The number of hydrogen-bond donors (Lipinski definition) is 1. The molecule has 1 aromatic heterocycles. The number of aromatic nitrogens is 2. The summed E-state index contributed by atoms with van der Waals surface area (Å²) >= 11 is 3.35. The van der Waals surface area contributed by atoms with Gasteiger partial charge in [-0.2, -0.15) is 0 Å². The SMILES string of the molecule is Cc1ccc(-n2[nH]c(C(C)C)c(Br)c2=O)cc1.